The molecule has 1 saturated heterocycles. The van der Waals surface area contributed by atoms with E-state index in [0.29, 0.717) is 12.2 Å². The maximum atomic E-state index is 8.31. The average Bonchev–Trinajstić information content (AvgIpc) is 2.22. The molecule has 2 nitrogen and oxygen atoms in total. The van der Waals surface area contributed by atoms with Crippen molar-refractivity contribution in [3.8, 4) is 0 Å². The van der Waals surface area contributed by atoms with Crippen LogP contribution in [0.5, 0.6) is 0 Å². The summed E-state index contributed by atoms with van der Waals surface area (Å²) in [5.41, 5.74) is 0. The first kappa shape index (κ1) is 5.06. The second-order valence-electron chi connectivity index (χ2n) is 1.89. The van der Waals surface area contributed by atoms with Crippen molar-refractivity contribution in [2.75, 3.05) is 6.61 Å². The van der Waals surface area contributed by atoms with Gasteiger partial charge in [-0.15, -0.1) is 0 Å². The predicted octanol–water partition coefficient (Wildman–Crippen LogP) is 0.156. The summed E-state index contributed by atoms with van der Waals surface area (Å²) in [7, 11) is 0. The first-order valence-electron chi connectivity index (χ1n) is 2.61. The van der Waals surface area contributed by atoms with Crippen molar-refractivity contribution >= 4 is 0 Å². The van der Waals surface area contributed by atoms with Gasteiger partial charge in [0, 0.05) is 6.61 Å². The molecule has 0 saturated carbocycles. The number of aliphatic hydroxyl groups is 1. The number of ether oxygens (including phenoxy) is 1. The fourth-order valence-corrected chi connectivity index (χ4v) is 0.660. The summed E-state index contributed by atoms with van der Waals surface area (Å²) in [5.74, 6) is 0. The minimum Gasteiger partial charge on any atom is -0.396 e. The van der Waals surface area contributed by atoms with Crippen LogP contribution in [0.3, 0.4) is 0 Å². The lowest BCUT2D eigenvalue weighted by molar-refractivity contribution is 0.263. The highest BCUT2D eigenvalue weighted by Crippen LogP contribution is 2.23. The predicted molar refractivity (Wildman–Crippen MR) is 26.0 cm³/mol. The number of rotatable bonds is 2. The lowest BCUT2D eigenvalue weighted by Crippen LogP contribution is -1.92. The second kappa shape index (κ2) is 1.80. The Labute approximate surface area is 43.1 Å². The van der Waals surface area contributed by atoms with Crippen molar-refractivity contribution in [1.82, 2.24) is 0 Å². The molecule has 1 N–H and O–H groups in total. The second-order valence-corrected chi connectivity index (χ2v) is 1.89. The van der Waals surface area contributed by atoms with Crippen LogP contribution in [0.4, 0.5) is 0 Å². The van der Waals surface area contributed by atoms with Crippen LogP contribution < -0.4 is 0 Å². The van der Waals surface area contributed by atoms with Crippen molar-refractivity contribution in [2.24, 2.45) is 0 Å². The molecule has 0 aromatic carbocycles. The van der Waals surface area contributed by atoms with Crippen molar-refractivity contribution in [3.63, 3.8) is 0 Å². The summed E-state index contributed by atoms with van der Waals surface area (Å²) in [6.07, 6.45) is 1.58. The molecular weight excluding hydrogens is 92.1 g/mol. The van der Waals surface area contributed by atoms with Gasteiger partial charge < -0.3 is 9.84 Å². The molecule has 1 heterocycles. The van der Waals surface area contributed by atoms with Crippen LogP contribution in [0.2, 0.25) is 0 Å². The average molecular weight is 102 g/mol. The Kier molecular flexibility index (Phi) is 1.30. The van der Waals surface area contributed by atoms with Crippen LogP contribution in [0, 0.1) is 0 Å². The minimum absolute atomic E-state index is 0.259. The Hall–Kier alpha value is -0.0800. The fourth-order valence-electron chi connectivity index (χ4n) is 0.660. The molecule has 0 aromatic heterocycles. The van der Waals surface area contributed by atoms with Gasteiger partial charge in [0.2, 0.25) is 0 Å². The number of hydrogen-bond donors (Lipinski definition) is 1. The van der Waals surface area contributed by atoms with Crippen LogP contribution in [0.15, 0.2) is 0 Å². The summed E-state index contributed by atoms with van der Waals surface area (Å²) in [5, 5.41) is 8.31. The van der Waals surface area contributed by atoms with Crippen molar-refractivity contribution in [3.05, 3.63) is 0 Å². The van der Waals surface area contributed by atoms with E-state index in [4.69, 9.17) is 9.84 Å². The van der Waals surface area contributed by atoms with E-state index in [1.807, 2.05) is 6.92 Å². The van der Waals surface area contributed by atoms with Gasteiger partial charge in [-0.2, -0.15) is 0 Å². The van der Waals surface area contributed by atoms with Crippen molar-refractivity contribution in [2.45, 2.75) is 25.6 Å². The molecule has 1 aliphatic rings. The molecule has 7 heavy (non-hydrogen) atoms. The first-order chi connectivity index (χ1) is 3.34. The quantitative estimate of drug-likeness (QED) is 0.503. The van der Waals surface area contributed by atoms with E-state index in [2.05, 4.69) is 0 Å². The van der Waals surface area contributed by atoms with E-state index >= 15 is 0 Å². The smallest absolute Gasteiger partial charge is 0.0860 e. The molecule has 0 aliphatic carbocycles. The van der Waals surface area contributed by atoms with E-state index in [1.165, 1.54) is 0 Å². The number of hydrogen-bond acceptors (Lipinski definition) is 2. The SMILES string of the molecule is CC1OC1CCO. The van der Waals surface area contributed by atoms with E-state index in [9.17, 15) is 0 Å². The first-order valence-corrected chi connectivity index (χ1v) is 2.61. The molecule has 0 radical (unpaired) electrons. The van der Waals surface area contributed by atoms with E-state index in [-0.39, 0.29) is 6.61 Å². The number of aliphatic hydroxyl groups excluding tert-OH is 1. The van der Waals surface area contributed by atoms with E-state index in [1.54, 1.807) is 0 Å². The summed E-state index contributed by atoms with van der Waals surface area (Å²) < 4.78 is 5.00. The van der Waals surface area contributed by atoms with E-state index in [0.717, 1.165) is 6.42 Å². The molecule has 2 unspecified atom stereocenters. The van der Waals surface area contributed by atoms with Crippen LogP contribution in [0.25, 0.3) is 0 Å². The minimum atomic E-state index is 0.259. The number of epoxide rings is 1. The lowest BCUT2D eigenvalue weighted by atomic mass is 10.3. The zero-order valence-electron chi connectivity index (χ0n) is 4.42. The van der Waals surface area contributed by atoms with Gasteiger partial charge in [0.1, 0.15) is 0 Å². The van der Waals surface area contributed by atoms with Crippen LogP contribution in [-0.4, -0.2) is 23.9 Å². The molecule has 0 amide bonds. The molecule has 2 atom stereocenters. The molecule has 1 aliphatic heterocycles. The van der Waals surface area contributed by atoms with Gasteiger partial charge in [-0.05, 0) is 13.3 Å². The van der Waals surface area contributed by atoms with Gasteiger partial charge in [0.05, 0.1) is 12.2 Å². The fraction of sp³-hybridized carbons (Fsp3) is 1.00. The maximum Gasteiger partial charge on any atom is 0.0860 e. The van der Waals surface area contributed by atoms with Gasteiger partial charge in [-0.25, -0.2) is 0 Å². The van der Waals surface area contributed by atoms with Gasteiger partial charge >= 0.3 is 0 Å². The zero-order chi connectivity index (χ0) is 5.28. The highest BCUT2D eigenvalue weighted by molar-refractivity contribution is 4.79. The highest BCUT2D eigenvalue weighted by Gasteiger charge is 2.32. The summed E-state index contributed by atoms with van der Waals surface area (Å²) in [6.45, 7) is 2.27. The highest BCUT2D eigenvalue weighted by atomic mass is 16.6. The Morgan fingerprint density at radius 2 is 2.29 bits per heavy atom. The Balaban J connectivity index is 1.98. The molecule has 2 heteroatoms. The molecular formula is C5H10O2. The third kappa shape index (κ3) is 1.14. The molecule has 0 spiro atoms. The Morgan fingerprint density at radius 1 is 1.71 bits per heavy atom. The van der Waals surface area contributed by atoms with Crippen LogP contribution in [-0.2, 0) is 4.74 Å². The summed E-state index contributed by atoms with van der Waals surface area (Å²) in [4.78, 5) is 0. The summed E-state index contributed by atoms with van der Waals surface area (Å²) in [6, 6.07) is 0. The van der Waals surface area contributed by atoms with Gasteiger partial charge in [0.25, 0.3) is 0 Å². The van der Waals surface area contributed by atoms with Gasteiger partial charge in [-0.3, -0.25) is 0 Å². The third-order valence-corrected chi connectivity index (χ3v) is 1.25. The molecule has 0 aromatic rings. The topological polar surface area (TPSA) is 32.8 Å². The molecule has 1 fully saturated rings. The monoisotopic (exact) mass is 102 g/mol. The van der Waals surface area contributed by atoms with E-state index < -0.39 is 0 Å². The zero-order valence-corrected chi connectivity index (χ0v) is 4.42. The van der Waals surface area contributed by atoms with Crippen LogP contribution >= 0.6 is 0 Å². The van der Waals surface area contributed by atoms with Gasteiger partial charge in [0.15, 0.2) is 0 Å². The lowest BCUT2D eigenvalue weighted by Gasteiger charge is -1.81. The maximum absolute atomic E-state index is 8.31. The molecule has 42 valence electrons. The summed E-state index contributed by atoms with van der Waals surface area (Å²) >= 11 is 0. The van der Waals surface area contributed by atoms with Crippen LogP contribution in [0.1, 0.15) is 13.3 Å². The Morgan fingerprint density at radius 3 is 2.43 bits per heavy atom. The largest absolute Gasteiger partial charge is 0.396 e. The Bertz CT molecular complexity index is 63.1. The normalized spacial score (nSPS) is 38.6. The van der Waals surface area contributed by atoms with Gasteiger partial charge in [-0.1, -0.05) is 0 Å². The molecule has 1 rings (SSSR count). The standard InChI is InChI=1S/C5H10O2/c1-4-5(7-4)2-3-6/h4-6H,2-3H2,1H3. The van der Waals surface area contributed by atoms with Crippen molar-refractivity contribution in [1.29, 1.82) is 0 Å². The molecule has 0 bridgehead atoms. The van der Waals surface area contributed by atoms with Crippen molar-refractivity contribution < 1.29 is 9.84 Å². The third-order valence-electron chi connectivity index (χ3n) is 1.25.